The van der Waals surface area contributed by atoms with Crippen LogP contribution < -0.4 is 10.5 Å². The van der Waals surface area contributed by atoms with Crippen LogP contribution in [0.1, 0.15) is 10.4 Å². The first-order valence-electron chi connectivity index (χ1n) is 5.67. The molecule has 0 unspecified atom stereocenters. The maximum atomic E-state index is 13.7. The monoisotopic (exact) mass is 328 g/mol. The van der Waals surface area contributed by atoms with Crippen LogP contribution in [0, 0.1) is 5.82 Å². The molecule has 0 bridgehead atoms. The Hall–Kier alpha value is -1.96. The molecule has 0 heterocycles. The number of carbonyl (C=O) groups is 1. The number of hydrogen-bond acceptors (Lipinski definition) is 3. The van der Waals surface area contributed by atoms with Gasteiger partial charge in [0.15, 0.2) is 0 Å². The molecule has 0 saturated carbocycles. The lowest BCUT2D eigenvalue weighted by Gasteiger charge is -2.09. The average Bonchev–Trinajstić information content (AvgIpc) is 2.40. The van der Waals surface area contributed by atoms with Crippen molar-refractivity contribution in [1.29, 1.82) is 0 Å². The van der Waals surface area contributed by atoms with Crippen molar-refractivity contribution in [3.8, 4) is 0 Å². The summed E-state index contributed by atoms with van der Waals surface area (Å²) in [5.41, 5.74) is -0.161. The van der Waals surface area contributed by atoms with Crippen molar-refractivity contribution in [3.63, 3.8) is 0 Å². The summed E-state index contributed by atoms with van der Waals surface area (Å²) >= 11 is 5.86. The molecular weight excluding hydrogens is 319 g/mol. The van der Waals surface area contributed by atoms with Crippen LogP contribution in [0.2, 0.25) is 5.02 Å². The highest BCUT2D eigenvalue weighted by molar-refractivity contribution is 7.89. The standard InChI is InChI=1S/C13H10ClFN2O3S/c14-10-4-2-1-3-9(10)13(18)17-12-7-8(21(16,19)20)5-6-11(12)15/h1-7H,(H,17,18)(H2,16,19,20). The molecule has 3 N–H and O–H groups in total. The van der Waals surface area contributed by atoms with Crippen LogP contribution in [0.5, 0.6) is 0 Å². The highest BCUT2D eigenvalue weighted by atomic mass is 35.5. The van der Waals surface area contributed by atoms with Gasteiger partial charge in [-0.1, -0.05) is 23.7 Å². The second-order valence-corrected chi connectivity index (χ2v) is 6.09. The second-order valence-electron chi connectivity index (χ2n) is 4.12. The SMILES string of the molecule is NS(=O)(=O)c1ccc(F)c(NC(=O)c2ccccc2Cl)c1. The Morgan fingerprint density at radius 1 is 1.19 bits per heavy atom. The summed E-state index contributed by atoms with van der Waals surface area (Å²) in [5.74, 6) is -1.45. The normalized spacial score (nSPS) is 11.2. The van der Waals surface area contributed by atoms with Crippen molar-refractivity contribution in [1.82, 2.24) is 0 Å². The lowest BCUT2D eigenvalue weighted by molar-refractivity contribution is 0.102. The van der Waals surface area contributed by atoms with Gasteiger partial charge in [-0.2, -0.15) is 0 Å². The number of benzene rings is 2. The highest BCUT2D eigenvalue weighted by Crippen LogP contribution is 2.21. The summed E-state index contributed by atoms with van der Waals surface area (Å²) in [5, 5.41) is 7.41. The molecule has 2 aromatic carbocycles. The van der Waals surface area contributed by atoms with Gasteiger partial charge < -0.3 is 5.32 Å². The Morgan fingerprint density at radius 3 is 2.48 bits per heavy atom. The van der Waals surface area contributed by atoms with E-state index in [0.29, 0.717) is 0 Å². The third kappa shape index (κ3) is 3.57. The number of anilines is 1. The number of halogens is 2. The fourth-order valence-corrected chi connectivity index (χ4v) is 2.37. The maximum absolute atomic E-state index is 13.7. The molecule has 5 nitrogen and oxygen atoms in total. The zero-order chi connectivity index (χ0) is 15.6. The van der Waals surface area contributed by atoms with Gasteiger partial charge in [-0.05, 0) is 30.3 Å². The minimum Gasteiger partial charge on any atom is -0.319 e. The number of hydrogen-bond donors (Lipinski definition) is 2. The molecule has 0 aromatic heterocycles. The topological polar surface area (TPSA) is 89.3 Å². The number of nitrogens with two attached hydrogens (primary N) is 1. The number of carbonyl (C=O) groups excluding carboxylic acids is 1. The van der Waals surface area contributed by atoms with Gasteiger partial charge in [0.25, 0.3) is 5.91 Å². The van der Waals surface area contributed by atoms with Crippen molar-refractivity contribution in [3.05, 3.63) is 58.9 Å². The van der Waals surface area contributed by atoms with E-state index in [9.17, 15) is 17.6 Å². The van der Waals surface area contributed by atoms with E-state index < -0.39 is 21.7 Å². The number of primary sulfonamides is 1. The van der Waals surface area contributed by atoms with E-state index in [2.05, 4.69) is 5.32 Å². The third-order valence-corrected chi connectivity index (χ3v) is 3.87. The molecule has 2 aromatic rings. The molecule has 110 valence electrons. The Morgan fingerprint density at radius 2 is 1.86 bits per heavy atom. The van der Waals surface area contributed by atoms with Gasteiger partial charge in [0.05, 0.1) is 21.2 Å². The summed E-state index contributed by atoms with van der Waals surface area (Å²) in [6.07, 6.45) is 0. The Labute approximate surface area is 125 Å². The Balaban J connectivity index is 2.36. The summed E-state index contributed by atoms with van der Waals surface area (Å²) in [6.45, 7) is 0. The Bertz CT molecular complexity index is 809. The van der Waals surface area contributed by atoms with Crippen molar-refractivity contribution in [2.24, 2.45) is 5.14 Å². The second kappa shape index (κ2) is 5.80. The average molecular weight is 329 g/mol. The predicted molar refractivity (Wildman–Crippen MR) is 77.2 cm³/mol. The number of amides is 1. The molecule has 0 saturated heterocycles. The quantitative estimate of drug-likeness (QED) is 0.906. The minimum absolute atomic E-state index is 0.138. The van der Waals surface area contributed by atoms with E-state index in [-0.39, 0.29) is 21.2 Å². The predicted octanol–water partition coefficient (Wildman–Crippen LogP) is 2.38. The van der Waals surface area contributed by atoms with Crippen LogP contribution in [0.4, 0.5) is 10.1 Å². The molecule has 0 aliphatic rings. The molecule has 1 amide bonds. The van der Waals surface area contributed by atoms with E-state index in [1.54, 1.807) is 12.1 Å². The smallest absolute Gasteiger partial charge is 0.257 e. The molecule has 0 atom stereocenters. The highest BCUT2D eigenvalue weighted by Gasteiger charge is 2.15. The van der Waals surface area contributed by atoms with Crippen LogP contribution in [-0.4, -0.2) is 14.3 Å². The molecule has 21 heavy (non-hydrogen) atoms. The lowest BCUT2D eigenvalue weighted by atomic mass is 10.2. The van der Waals surface area contributed by atoms with E-state index in [4.69, 9.17) is 16.7 Å². The van der Waals surface area contributed by atoms with Gasteiger partial charge in [-0.25, -0.2) is 17.9 Å². The van der Waals surface area contributed by atoms with Crippen LogP contribution in [0.15, 0.2) is 47.4 Å². The first-order valence-corrected chi connectivity index (χ1v) is 7.59. The van der Waals surface area contributed by atoms with Crippen molar-refractivity contribution < 1.29 is 17.6 Å². The molecule has 0 aliphatic carbocycles. The van der Waals surface area contributed by atoms with E-state index in [1.807, 2.05) is 0 Å². The van der Waals surface area contributed by atoms with Crippen LogP contribution in [0.3, 0.4) is 0 Å². The molecule has 0 spiro atoms. The first-order chi connectivity index (χ1) is 9.79. The van der Waals surface area contributed by atoms with Gasteiger partial charge >= 0.3 is 0 Å². The fraction of sp³-hybridized carbons (Fsp3) is 0. The van der Waals surface area contributed by atoms with Crippen molar-refractivity contribution in [2.75, 3.05) is 5.32 Å². The summed E-state index contributed by atoms with van der Waals surface area (Å²) < 4.78 is 36.1. The van der Waals surface area contributed by atoms with Gasteiger partial charge in [0.2, 0.25) is 10.0 Å². The van der Waals surface area contributed by atoms with E-state index >= 15 is 0 Å². The van der Waals surface area contributed by atoms with Gasteiger partial charge in [0.1, 0.15) is 5.82 Å². The van der Waals surface area contributed by atoms with Crippen LogP contribution in [-0.2, 0) is 10.0 Å². The number of sulfonamides is 1. The molecule has 2 rings (SSSR count). The largest absolute Gasteiger partial charge is 0.319 e. The number of rotatable bonds is 3. The first kappa shape index (κ1) is 15.4. The van der Waals surface area contributed by atoms with E-state index in [1.165, 1.54) is 12.1 Å². The van der Waals surface area contributed by atoms with Crippen LogP contribution >= 0.6 is 11.6 Å². The summed E-state index contributed by atoms with van der Waals surface area (Å²) in [4.78, 5) is 11.7. The zero-order valence-corrected chi connectivity index (χ0v) is 12.1. The molecule has 0 fully saturated rings. The van der Waals surface area contributed by atoms with Crippen molar-refractivity contribution in [2.45, 2.75) is 4.90 Å². The lowest BCUT2D eigenvalue weighted by Crippen LogP contribution is -2.16. The van der Waals surface area contributed by atoms with Crippen LogP contribution in [0.25, 0.3) is 0 Å². The molecule has 0 aliphatic heterocycles. The van der Waals surface area contributed by atoms with Gasteiger partial charge in [0, 0.05) is 0 Å². The molecule has 8 heteroatoms. The molecule has 0 radical (unpaired) electrons. The molecular formula is C13H10ClFN2O3S. The zero-order valence-electron chi connectivity index (χ0n) is 10.5. The third-order valence-electron chi connectivity index (χ3n) is 2.63. The Kier molecular flexibility index (Phi) is 4.26. The fourth-order valence-electron chi connectivity index (χ4n) is 1.61. The maximum Gasteiger partial charge on any atom is 0.257 e. The van der Waals surface area contributed by atoms with E-state index in [0.717, 1.165) is 18.2 Å². The van der Waals surface area contributed by atoms with Gasteiger partial charge in [-0.15, -0.1) is 0 Å². The summed E-state index contributed by atoms with van der Waals surface area (Å²) in [6, 6.07) is 9.06. The minimum atomic E-state index is -3.99. The number of nitrogens with one attached hydrogen (secondary N) is 1. The summed E-state index contributed by atoms with van der Waals surface area (Å²) in [7, 11) is -3.99. The van der Waals surface area contributed by atoms with Gasteiger partial charge in [-0.3, -0.25) is 4.79 Å². The van der Waals surface area contributed by atoms with Crippen molar-refractivity contribution >= 4 is 33.2 Å².